The molecule has 0 heterocycles. The van der Waals surface area contributed by atoms with Gasteiger partial charge in [-0.15, -0.1) is 0 Å². The van der Waals surface area contributed by atoms with Gasteiger partial charge in [0, 0.05) is 26.2 Å². The van der Waals surface area contributed by atoms with Crippen LogP contribution in [0.25, 0.3) is 0 Å². The van der Waals surface area contributed by atoms with Gasteiger partial charge < -0.3 is 9.47 Å². The van der Waals surface area contributed by atoms with Crippen molar-refractivity contribution in [2.24, 2.45) is 5.92 Å². The Morgan fingerprint density at radius 3 is 2.67 bits per heavy atom. The molecule has 116 valence electrons. The number of hydrogen-bond acceptors (Lipinski definition) is 4. The number of ether oxygens (including phenoxy) is 2. The molecule has 1 unspecified atom stereocenters. The van der Waals surface area contributed by atoms with Gasteiger partial charge in [0.2, 0.25) is 0 Å². The molecule has 0 aliphatic heterocycles. The molecule has 1 aliphatic carbocycles. The number of methoxy groups -OCH3 is 1. The minimum absolute atomic E-state index is 0.105. The molecular weight excluding hydrogens is 266 g/mol. The molecule has 2 rings (SSSR count). The molecule has 21 heavy (non-hydrogen) atoms. The molecule has 1 atom stereocenters. The molecule has 1 aliphatic rings. The Balaban J connectivity index is 1.75. The highest BCUT2D eigenvalue weighted by molar-refractivity contribution is 5.72. The van der Waals surface area contributed by atoms with Gasteiger partial charge in [-0.2, -0.15) is 0 Å². The molecule has 4 heteroatoms. The summed E-state index contributed by atoms with van der Waals surface area (Å²) in [6.07, 6.45) is 2.46. The van der Waals surface area contributed by atoms with Gasteiger partial charge in [-0.05, 0) is 18.4 Å². The van der Waals surface area contributed by atoms with Crippen molar-refractivity contribution in [1.29, 1.82) is 0 Å². The van der Waals surface area contributed by atoms with Crippen LogP contribution in [0.3, 0.4) is 0 Å². The molecule has 0 amide bonds. The van der Waals surface area contributed by atoms with E-state index in [4.69, 9.17) is 9.47 Å². The molecular formula is C17H25NO3. The van der Waals surface area contributed by atoms with Crippen LogP contribution < -0.4 is 0 Å². The topological polar surface area (TPSA) is 38.8 Å². The normalized spacial score (nSPS) is 16.0. The van der Waals surface area contributed by atoms with Crippen molar-refractivity contribution in [3.8, 4) is 0 Å². The molecule has 1 aromatic rings. The Kier molecular flexibility index (Phi) is 6.21. The minimum atomic E-state index is -0.123. The summed E-state index contributed by atoms with van der Waals surface area (Å²) in [5.74, 6) is -0.229. The third-order valence-electron chi connectivity index (χ3n) is 3.78. The lowest BCUT2D eigenvalue weighted by Crippen LogP contribution is -2.36. The lowest BCUT2D eigenvalue weighted by molar-refractivity contribution is -0.150. The van der Waals surface area contributed by atoms with Gasteiger partial charge in [0.05, 0.1) is 12.5 Å². The number of esters is 1. The number of hydrogen-bond donors (Lipinski definition) is 0. The minimum Gasteiger partial charge on any atom is -0.461 e. The molecule has 0 radical (unpaired) electrons. The summed E-state index contributed by atoms with van der Waals surface area (Å²) in [5.41, 5.74) is 1.02. The average Bonchev–Trinajstić information content (AvgIpc) is 3.34. The Morgan fingerprint density at radius 1 is 1.33 bits per heavy atom. The highest BCUT2D eigenvalue weighted by Crippen LogP contribution is 2.27. The molecule has 0 spiro atoms. The monoisotopic (exact) mass is 291 g/mol. The molecule has 0 aromatic heterocycles. The van der Waals surface area contributed by atoms with E-state index in [9.17, 15) is 4.79 Å². The number of rotatable bonds is 9. The number of benzene rings is 1. The molecule has 0 saturated heterocycles. The van der Waals surface area contributed by atoms with E-state index in [0.717, 1.165) is 18.7 Å². The van der Waals surface area contributed by atoms with E-state index in [-0.39, 0.29) is 11.9 Å². The summed E-state index contributed by atoms with van der Waals surface area (Å²) in [6.45, 7) is 4.64. The maximum Gasteiger partial charge on any atom is 0.310 e. The fourth-order valence-electron chi connectivity index (χ4n) is 2.37. The number of carbonyl (C=O) groups excluding carboxylic acids is 1. The van der Waals surface area contributed by atoms with E-state index in [1.165, 1.54) is 12.8 Å². The van der Waals surface area contributed by atoms with Gasteiger partial charge in [-0.25, -0.2) is 0 Å². The van der Waals surface area contributed by atoms with E-state index < -0.39 is 0 Å². The van der Waals surface area contributed by atoms with Crippen molar-refractivity contribution in [2.75, 3.05) is 26.8 Å². The summed E-state index contributed by atoms with van der Waals surface area (Å²) in [6, 6.07) is 10.4. The fraction of sp³-hybridized carbons (Fsp3) is 0.588. The van der Waals surface area contributed by atoms with Crippen LogP contribution in [0.2, 0.25) is 0 Å². The van der Waals surface area contributed by atoms with Gasteiger partial charge in [0.1, 0.15) is 6.61 Å². The second-order valence-electron chi connectivity index (χ2n) is 5.71. The van der Waals surface area contributed by atoms with Gasteiger partial charge in [0.25, 0.3) is 0 Å². The zero-order valence-electron chi connectivity index (χ0n) is 13.0. The van der Waals surface area contributed by atoms with Crippen LogP contribution in [0.4, 0.5) is 0 Å². The predicted molar refractivity (Wildman–Crippen MR) is 81.9 cm³/mol. The van der Waals surface area contributed by atoms with E-state index in [0.29, 0.717) is 19.3 Å². The molecule has 4 nitrogen and oxygen atoms in total. The third-order valence-corrected chi connectivity index (χ3v) is 3.78. The van der Waals surface area contributed by atoms with Crippen LogP contribution in [-0.4, -0.2) is 43.7 Å². The van der Waals surface area contributed by atoms with Gasteiger partial charge in [0.15, 0.2) is 0 Å². The van der Waals surface area contributed by atoms with Gasteiger partial charge in [-0.3, -0.25) is 9.69 Å². The molecule has 0 bridgehead atoms. The van der Waals surface area contributed by atoms with E-state index in [2.05, 4.69) is 4.90 Å². The van der Waals surface area contributed by atoms with Crippen LogP contribution >= 0.6 is 0 Å². The largest absolute Gasteiger partial charge is 0.461 e. The summed E-state index contributed by atoms with van der Waals surface area (Å²) < 4.78 is 10.5. The van der Waals surface area contributed by atoms with Crippen molar-refractivity contribution < 1.29 is 14.3 Å². The van der Waals surface area contributed by atoms with Crippen LogP contribution in [0.1, 0.15) is 25.3 Å². The molecule has 1 aromatic carbocycles. The highest BCUT2D eigenvalue weighted by Gasteiger charge is 2.31. The van der Waals surface area contributed by atoms with Gasteiger partial charge >= 0.3 is 5.97 Å². The van der Waals surface area contributed by atoms with E-state index >= 15 is 0 Å². The van der Waals surface area contributed by atoms with Crippen molar-refractivity contribution in [3.05, 3.63) is 35.9 Å². The maximum absolute atomic E-state index is 12.1. The second-order valence-corrected chi connectivity index (χ2v) is 5.71. The van der Waals surface area contributed by atoms with Crippen LogP contribution in [-0.2, 0) is 20.9 Å². The smallest absolute Gasteiger partial charge is 0.310 e. The summed E-state index contributed by atoms with van der Waals surface area (Å²) >= 11 is 0. The molecule has 1 saturated carbocycles. The Morgan fingerprint density at radius 2 is 2.05 bits per heavy atom. The zero-order chi connectivity index (χ0) is 15.1. The Labute approximate surface area is 127 Å². The quantitative estimate of drug-likeness (QED) is 0.655. The standard InChI is InChI=1S/C17H25NO3/c1-14(12-18(10-11-20-2)16-8-9-16)17(19)21-13-15-6-4-3-5-7-15/h3-7,14,16H,8-13H2,1-2H3. The first-order chi connectivity index (χ1) is 10.2. The lowest BCUT2D eigenvalue weighted by atomic mass is 10.1. The van der Waals surface area contributed by atoms with E-state index in [1.54, 1.807) is 7.11 Å². The Bertz CT molecular complexity index is 431. The van der Waals surface area contributed by atoms with Crippen LogP contribution in [0.5, 0.6) is 0 Å². The summed E-state index contributed by atoms with van der Waals surface area (Å²) in [4.78, 5) is 14.4. The predicted octanol–water partition coefficient (Wildman–Crippen LogP) is 2.48. The highest BCUT2D eigenvalue weighted by atomic mass is 16.5. The zero-order valence-corrected chi connectivity index (χ0v) is 13.0. The fourth-order valence-corrected chi connectivity index (χ4v) is 2.37. The van der Waals surface area contributed by atoms with Gasteiger partial charge in [-0.1, -0.05) is 37.3 Å². The molecule has 0 N–H and O–H groups in total. The first kappa shape index (κ1) is 16.0. The van der Waals surface area contributed by atoms with Crippen molar-refractivity contribution in [3.63, 3.8) is 0 Å². The van der Waals surface area contributed by atoms with Crippen LogP contribution in [0.15, 0.2) is 30.3 Å². The number of nitrogens with zero attached hydrogens (tertiary/aromatic N) is 1. The number of carbonyl (C=O) groups is 1. The third kappa shape index (κ3) is 5.48. The lowest BCUT2D eigenvalue weighted by Gasteiger charge is -2.24. The maximum atomic E-state index is 12.1. The average molecular weight is 291 g/mol. The van der Waals surface area contributed by atoms with Crippen LogP contribution in [0, 0.1) is 5.92 Å². The summed E-state index contributed by atoms with van der Waals surface area (Å²) in [7, 11) is 1.71. The van der Waals surface area contributed by atoms with Crippen molar-refractivity contribution >= 4 is 5.97 Å². The first-order valence-electron chi connectivity index (χ1n) is 7.64. The first-order valence-corrected chi connectivity index (χ1v) is 7.64. The summed E-state index contributed by atoms with van der Waals surface area (Å²) in [5, 5.41) is 0. The van der Waals surface area contributed by atoms with E-state index in [1.807, 2.05) is 37.3 Å². The molecule has 1 fully saturated rings. The van der Waals surface area contributed by atoms with Crippen molar-refractivity contribution in [1.82, 2.24) is 4.90 Å². The SMILES string of the molecule is COCCN(CC(C)C(=O)OCc1ccccc1)C1CC1. The second kappa shape index (κ2) is 8.15. The van der Waals surface area contributed by atoms with Crippen molar-refractivity contribution in [2.45, 2.75) is 32.4 Å². The Hall–Kier alpha value is -1.39.